The highest BCUT2D eigenvalue weighted by Gasteiger charge is 2.29. The smallest absolute Gasteiger partial charge is 0.124 e. The van der Waals surface area contributed by atoms with Crippen LogP contribution in [0.4, 0.5) is 0 Å². The number of hydrogen-bond donors (Lipinski definition) is 0. The summed E-state index contributed by atoms with van der Waals surface area (Å²) in [4.78, 5) is 7.01. The predicted octanol–water partition coefficient (Wildman–Crippen LogP) is 4.56. The van der Waals surface area contributed by atoms with Crippen molar-refractivity contribution in [3.05, 3.63) is 28.0 Å². The van der Waals surface area contributed by atoms with Crippen LogP contribution in [0.3, 0.4) is 0 Å². The molecule has 2 aromatic rings. The number of imidazole rings is 1. The molecule has 0 saturated heterocycles. The van der Waals surface area contributed by atoms with Crippen molar-refractivity contribution in [2.75, 3.05) is 7.05 Å². The highest BCUT2D eigenvalue weighted by Crippen LogP contribution is 2.31. The van der Waals surface area contributed by atoms with E-state index in [1.54, 1.807) is 6.07 Å². The monoisotopic (exact) mass is 345 g/mol. The molecule has 0 amide bonds. The molecule has 1 heterocycles. The second-order valence-electron chi connectivity index (χ2n) is 5.77. The van der Waals surface area contributed by atoms with Crippen LogP contribution in [-0.4, -0.2) is 33.6 Å². The van der Waals surface area contributed by atoms with E-state index in [4.69, 9.17) is 34.8 Å². The maximum Gasteiger partial charge on any atom is 0.124 e. The van der Waals surface area contributed by atoms with Gasteiger partial charge in [-0.05, 0) is 38.9 Å². The number of likely N-dealkylation sites (N-methyl/N-ethyl adjacent to an activating group) is 1. The number of aromatic nitrogens is 2. The lowest BCUT2D eigenvalue weighted by atomic mass is 10.2. The third-order valence-corrected chi connectivity index (χ3v) is 5.21. The quantitative estimate of drug-likeness (QED) is 0.740. The van der Waals surface area contributed by atoms with Gasteiger partial charge in [0, 0.05) is 18.6 Å². The van der Waals surface area contributed by atoms with Crippen LogP contribution in [0.5, 0.6) is 0 Å². The van der Waals surface area contributed by atoms with Gasteiger partial charge in [-0.15, -0.1) is 11.6 Å². The fourth-order valence-electron chi connectivity index (χ4n) is 2.71. The Balaban J connectivity index is 1.97. The summed E-state index contributed by atoms with van der Waals surface area (Å²) in [6.45, 7) is 3.09. The predicted molar refractivity (Wildman–Crippen MR) is 89.6 cm³/mol. The van der Waals surface area contributed by atoms with Crippen LogP contribution in [0, 0.1) is 0 Å². The molecule has 0 radical (unpaired) electrons. The number of fused-ring (bicyclic) bond motifs is 1. The second kappa shape index (κ2) is 5.96. The number of rotatable bonds is 5. The molecule has 6 heteroatoms. The summed E-state index contributed by atoms with van der Waals surface area (Å²) in [6.07, 6.45) is 2.60. The van der Waals surface area contributed by atoms with E-state index in [0.29, 0.717) is 22.0 Å². The van der Waals surface area contributed by atoms with Gasteiger partial charge in [0.1, 0.15) is 5.82 Å². The Labute approximate surface area is 139 Å². The maximum absolute atomic E-state index is 6.16. The molecule has 0 N–H and O–H groups in total. The van der Waals surface area contributed by atoms with E-state index in [2.05, 4.69) is 28.4 Å². The van der Waals surface area contributed by atoms with Crippen LogP contribution in [0.2, 0.25) is 10.0 Å². The molecule has 114 valence electrons. The minimum atomic E-state index is 0.379. The number of nitrogens with zero attached hydrogens (tertiary/aromatic N) is 3. The Morgan fingerprint density at radius 2 is 2.00 bits per heavy atom. The van der Waals surface area contributed by atoms with E-state index >= 15 is 0 Å². The van der Waals surface area contributed by atoms with Crippen molar-refractivity contribution in [1.82, 2.24) is 14.5 Å². The first-order chi connectivity index (χ1) is 10.0. The van der Waals surface area contributed by atoms with Gasteiger partial charge >= 0.3 is 0 Å². The van der Waals surface area contributed by atoms with Gasteiger partial charge in [0.05, 0.1) is 27.0 Å². The summed E-state index contributed by atoms with van der Waals surface area (Å²) in [5, 5.41) is 1.08. The van der Waals surface area contributed by atoms with Crippen molar-refractivity contribution in [2.45, 2.75) is 44.3 Å². The van der Waals surface area contributed by atoms with Crippen LogP contribution in [0.1, 0.15) is 25.6 Å². The first-order valence-corrected chi connectivity index (χ1v) is 8.42. The molecule has 1 aromatic heterocycles. The maximum atomic E-state index is 6.16. The Bertz CT molecular complexity index is 664. The molecule has 1 aliphatic carbocycles. The van der Waals surface area contributed by atoms with E-state index in [1.807, 2.05) is 6.07 Å². The zero-order valence-electron chi connectivity index (χ0n) is 12.1. The molecule has 1 fully saturated rings. The van der Waals surface area contributed by atoms with Gasteiger partial charge in [0.2, 0.25) is 0 Å². The second-order valence-corrected chi connectivity index (χ2v) is 6.85. The number of halogens is 3. The third-order valence-electron chi connectivity index (χ3n) is 4.25. The molecule has 1 unspecified atom stereocenters. The normalized spacial score (nSPS) is 16.9. The molecule has 3 rings (SSSR count). The van der Waals surface area contributed by atoms with Crippen LogP contribution < -0.4 is 0 Å². The zero-order chi connectivity index (χ0) is 15.1. The number of hydrogen-bond acceptors (Lipinski definition) is 2. The largest absolute Gasteiger partial charge is 0.325 e. The average molecular weight is 347 g/mol. The molecule has 1 aromatic carbocycles. The van der Waals surface area contributed by atoms with E-state index in [9.17, 15) is 0 Å². The van der Waals surface area contributed by atoms with Crippen molar-refractivity contribution in [2.24, 2.45) is 0 Å². The van der Waals surface area contributed by atoms with Crippen molar-refractivity contribution in [3.8, 4) is 0 Å². The van der Waals surface area contributed by atoms with Gasteiger partial charge in [-0.2, -0.15) is 0 Å². The van der Waals surface area contributed by atoms with Crippen LogP contribution in [0.25, 0.3) is 11.0 Å². The highest BCUT2D eigenvalue weighted by atomic mass is 35.5. The SMILES string of the molecule is CC(Cn1c(CCl)nc2cc(Cl)c(Cl)cc21)N(C)C1CC1. The standard InChI is InChI=1S/C15H18Cl3N3/c1-9(20(2)10-3-4-10)8-21-14-6-12(18)11(17)5-13(14)19-15(21)7-16/h5-6,9-10H,3-4,7-8H2,1-2H3. The molecule has 3 nitrogen and oxygen atoms in total. The van der Waals surface area contributed by atoms with Crippen molar-refractivity contribution < 1.29 is 0 Å². The van der Waals surface area contributed by atoms with E-state index in [0.717, 1.165) is 29.4 Å². The van der Waals surface area contributed by atoms with Crippen LogP contribution >= 0.6 is 34.8 Å². The first-order valence-electron chi connectivity index (χ1n) is 7.13. The van der Waals surface area contributed by atoms with Crippen molar-refractivity contribution in [3.63, 3.8) is 0 Å². The molecular formula is C15H18Cl3N3. The minimum Gasteiger partial charge on any atom is -0.325 e. The van der Waals surface area contributed by atoms with Crippen LogP contribution in [0.15, 0.2) is 12.1 Å². The van der Waals surface area contributed by atoms with Gasteiger partial charge in [0.15, 0.2) is 0 Å². The summed E-state index contributed by atoms with van der Waals surface area (Å²) in [5.74, 6) is 1.24. The summed E-state index contributed by atoms with van der Waals surface area (Å²) >= 11 is 18.3. The molecule has 0 bridgehead atoms. The molecule has 1 saturated carbocycles. The van der Waals surface area contributed by atoms with E-state index < -0.39 is 0 Å². The Morgan fingerprint density at radius 3 is 2.62 bits per heavy atom. The highest BCUT2D eigenvalue weighted by molar-refractivity contribution is 6.42. The molecule has 0 aliphatic heterocycles. The van der Waals surface area contributed by atoms with Crippen LogP contribution in [-0.2, 0) is 12.4 Å². The molecular weight excluding hydrogens is 329 g/mol. The summed E-state index contributed by atoms with van der Waals surface area (Å²) in [6, 6.07) is 4.84. The Kier molecular flexibility index (Phi) is 4.37. The average Bonchev–Trinajstić information content (AvgIpc) is 3.25. The zero-order valence-corrected chi connectivity index (χ0v) is 14.4. The van der Waals surface area contributed by atoms with Crippen molar-refractivity contribution >= 4 is 45.8 Å². The summed E-state index contributed by atoms with van der Waals surface area (Å²) < 4.78 is 2.16. The van der Waals surface area contributed by atoms with Gasteiger partial charge in [0.25, 0.3) is 0 Å². The molecule has 0 spiro atoms. The van der Waals surface area contributed by atoms with Gasteiger partial charge in [-0.3, -0.25) is 4.90 Å². The molecule has 1 aliphatic rings. The first kappa shape index (κ1) is 15.4. The number of benzene rings is 1. The van der Waals surface area contributed by atoms with Gasteiger partial charge in [-0.25, -0.2) is 4.98 Å². The summed E-state index contributed by atoms with van der Waals surface area (Å²) in [5.41, 5.74) is 1.84. The van der Waals surface area contributed by atoms with Gasteiger partial charge < -0.3 is 4.57 Å². The van der Waals surface area contributed by atoms with Crippen molar-refractivity contribution in [1.29, 1.82) is 0 Å². The van der Waals surface area contributed by atoms with Gasteiger partial charge in [-0.1, -0.05) is 23.2 Å². The lowest BCUT2D eigenvalue weighted by molar-refractivity contribution is 0.226. The molecule has 21 heavy (non-hydrogen) atoms. The Morgan fingerprint density at radius 1 is 1.33 bits per heavy atom. The topological polar surface area (TPSA) is 21.1 Å². The third kappa shape index (κ3) is 3.02. The van der Waals surface area contributed by atoms with E-state index in [1.165, 1.54) is 12.8 Å². The molecule has 1 atom stereocenters. The Hall–Kier alpha value is -0.480. The lowest BCUT2D eigenvalue weighted by Crippen LogP contribution is -2.34. The fraction of sp³-hybridized carbons (Fsp3) is 0.533. The number of alkyl halides is 1. The summed E-state index contributed by atoms with van der Waals surface area (Å²) in [7, 11) is 2.19. The van der Waals surface area contributed by atoms with E-state index in [-0.39, 0.29) is 0 Å². The lowest BCUT2D eigenvalue weighted by Gasteiger charge is -2.25. The fourth-order valence-corrected chi connectivity index (χ4v) is 3.23. The minimum absolute atomic E-state index is 0.379.